The minimum atomic E-state index is -0.0817. The van der Waals surface area contributed by atoms with Gasteiger partial charge in [-0.15, -0.1) is 0 Å². The van der Waals surface area contributed by atoms with Crippen molar-refractivity contribution >= 4 is 5.71 Å². The van der Waals surface area contributed by atoms with Crippen LogP contribution < -0.4 is 0 Å². The molecule has 0 aromatic heterocycles. The highest BCUT2D eigenvalue weighted by atomic mass is 14.8. The first-order valence-electron chi connectivity index (χ1n) is 6.71. The van der Waals surface area contributed by atoms with E-state index in [4.69, 9.17) is 4.99 Å². The summed E-state index contributed by atoms with van der Waals surface area (Å²) < 4.78 is 0. The minimum Gasteiger partial charge on any atom is -0.279 e. The summed E-state index contributed by atoms with van der Waals surface area (Å²) in [5.74, 6) is 0.489. The Kier molecular flexibility index (Phi) is 5.87. The van der Waals surface area contributed by atoms with Crippen LogP contribution in [0.2, 0.25) is 0 Å². The van der Waals surface area contributed by atoms with Crippen molar-refractivity contribution in [3.05, 3.63) is 24.3 Å². The summed E-state index contributed by atoms with van der Waals surface area (Å²) in [6.45, 7) is 17.1. The average molecular weight is 235 g/mol. The van der Waals surface area contributed by atoms with Crippen molar-refractivity contribution in [1.29, 1.82) is 0 Å². The van der Waals surface area contributed by atoms with Gasteiger partial charge in [0.1, 0.15) is 0 Å². The number of allylic oxidation sites excluding steroid dienone is 3. The SMILES string of the molecule is CC.CC(C)C1=NC(C)(C)/C=C\C(C)(C)/C=C\1. The minimum absolute atomic E-state index is 0.0817. The van der Waals surface area contributed by atoms with Crippen LogP contribution in [0.1, 0.15) is 55.4 Å². The van der Waals surface area contributed by atoms with Crippen molar-refractivity contribution in [3.63, 3.8) is 0 Å². The molecule has 0 N–H and O–H groups in total. The number of aliphatic imine (C=N–C) groups is 1. The average Bonchev–Trinajstić information content (AvgIpc) is 2.23. The molecule has 0 spiro atoms. The lowest BCUT2D eigenvalue weighted by atomic mass is 9.87. The zero-order valence-electron chi connectivity index (χ0n) is 12.8. The van der Waals surface area contributed by atoms with Gasteiger partial charge in [-0.1, -0.05) is 59.8 Å². The van der Waals surface area contributed by atoms with Gasteiger partial charge in [-0.05, 0) is 25.8 Å². The molecule has 1 nitrogen and oxygen atoms in total. The van der Waals surface area contributed by atoms with Crippen molar-refractivity contribution in [3.8, 4) is 0 Å². The summed E-state index contributed by atoms with van der Waals surface area (Å²) >= 11 is 0. The first kappa shape index (κ1) is 16.1. The van der Waals surface area contributed by atoms with Gasteiger partial charge in [-0.2, -0.15) is 0 Å². The van der Waals surface area contributed by atoms with Gasteiger partial charge in [-0.3, -0.25) is 4.99 Å². The maximum Gasteiger partial charge on any atom is 0.0735 e. The van der Waals surface area contributed by atoms with Crippen LogP contribution in [0.15, 0.2) is 29.3 Å². The Labute approximate surface area is 108 Å². The highest BCUT2D eigenvalue weighted by Gasteiger charge is 2.19. The van der Waals surface area contributed by atoms with Crippen molar-refractivity contribution in [1.82, 2.24) is 0 Å². The van der Waals surface area contributed by atoms with E-state index in [1.54, 1.807) is 0 Å². The summed E-state index contributed by atoms with van der Waals surface area (Å²) in [5, 5.41) is 0. The Bertz CT molecular complexity index is 314. The molecule has 0 amide bonds. The Morgan fingerprint density at radius 1 is 0.941 bits per heavy atom. The van der Waals surface area contributed by atoms with Crippen LogP contribution in [-0.4, -0.2) is 11.3 Å². The summed E-state index contributed by atoms with van der Waals surface area (Å²) in [5.41, 5.74) is 1.24. The first-order valence-corrected chi connectivity index (χ1v) is 6.71. The predicted octanol–water partition coefficient (Wildman–Crippen LogP) is 5.04. The molecule has 0 atom stereocenters. The van der Waals surface area contributed by atoms with Gasteiger partial charge in [0.2, 0.25) is 0 Å². The lowest BCUT2D eigenvalue weighted by Gasteiger charge is -2.24. The van der Waals surface area contributed by atoms with Crippen molar-refractivity contribution < 1.29 is 0 Å². The van der Waals surface area contributed by atoms with Crippen molar-refractivity contribution in [2.75, 3.05) is 0 Å². The van der Waals surface area contributed by atoms with Gasteiger partial charge >= 0.3 is 0 Å². The summed E-state index contributed by atoms with van der Waals surface area (Å²) in [6.07, 6.45) is 8.86. The molecular weight excluding hydrogens is 206 g/mol. The van der Waals surface area contributed by atoms with Gasteiger partial charge in [0.05, 0.1) is 5.54 Å². The van der Waals surface area contributed by atoms with Gasteiger partial charge in [0, 0.05) is 11.1 Å². The molecular formula is C16H29N. The van der Waals surface area contributed by atoms with Crippen molar-refractivity contribution in [2.24, 2.45) is 16.3 Å². The maximum atomic E-state index is 4.78. The summed E-state index contributed by atoms with van der Waals surface area (Å²) in [4.78, 5) is 4.78. The fourth-order valence-corrected chi connectivity index (χ4v) is 1.50. The molecule has 0 saturated heterocycles. The second kappa shape index (κ2) is 6.18. The molecule has 1 heteroatoms. The largest absolute Gasteiger partial charge is 0.279 e. The van der Waals surface area contributed by atoms with Gasteiger partial charge in [0.25, 0.3) is 0 Å². The molecule has 1 heterocycles. The zero-order valence-corrected chi connectivity index (χ0v) is 12.8. The maximum absolute atomic E-state index is 4.78. The first-order chi connectivity index (χ1) is 7.72. The van der Waals surface area contributed by atoms with Gasteiger partial charge in [0.15, 0.2) is 0 Å². The molecule has 0 radical (unpaired) electrons. The van der Waals surface area contributed by atoms with E-state index in [-0.39, 0.29) is 11.0 Å². The molecule has 0 unspecified atom stereocenters. The quantitative estimate of drug-likeness (QED) is 0.565. The van der Waals surface area contributed by atoms with E-state index < -0.39 is 0 Å². The molecule has 0 saturated carbocycles. The normalized spacial score (nSPS) is 24.9. The number of rotatable bonds is 1. The molecule has 1 aliphatic rings. The predicted molar refractivity (Wildman–Crippen MR) is 79.8 cm³/mol. The molecule has 1 rings (SSSR count). The molecule has 98 valence electrons. The van der Waals surface area contributed by atoms with E-state index in [2.05, 4.69) is 65.8 Å². The molecule has 0 fully saturated rings. The standard InChI is InChI=1S/C14H23N.C2H6/c1-11(2)12-7-8-13(3,4)9-10-14(5,6)15-12;1-2/h7-11H,1-6H3;1-2H3/b8-7-,10-9-,15-12?;. The highest BCUT2D eigenvalue weighted by Crippen LogP contribution is 2.25. The van der Waals surface area contributed by atoms with E-state index in [1.807, 2.05) is 13.8 Å². The van der Waals surface area contributed by atoms with Gasteiger partial charge in [-0.25, -0.2) is 0 Å². The molecule has 1 aliphatic heterocycles. The molecule has 0 aromatic rings. The van der Waals surface area contributed by atoms with Crippen LogP contribution in [-0.2, 0) is 0 Å². The Morgan fingerprint density at radius 3 is 1.94 bits per heavy atom. The lowest BCUT2D eigenvalue weighted by molar-refractivity contribution is 0.588. The highest BCUT2D eigenvalue weighted by molar-refractivity contribution is 5.97. The topological polar surface area (TPSA) is 12.4 Å². The van der Waals surface area contributed by atoms with Crippen LogP contribution in [0.5, 0.6) is 0 Å². The van der Waals surface area contributed by atoms with E-state index in [0.29, 0.717) is 5.92 Å². The zero-order chi connectivity index (χ0) is 13.7. The third-order valence-electron chi connectivity index (χ3n) is 2.61. The fourth-order valence-electron chi connectivity index (χ4n) is 1.50. The van der Waals surface area contributed by atoms with Crippen LogP contribution in [0.25, 0.3) is 0 Å². The molecule has 0 bridgehead atoms. The molecule has 0 aliphatic carbocycles. The number of nitrogens with zero attached hydrogens (tertiary/aromatic N) is 1. The third-order valence-corrected chi connectivity index (χ3v) is 2.61. The summed E-state index contributed by atoms with van der Waals surface area (Å²) in [7, 11) is 0. The third kappa shape index (κ3) is 5.86. The fraction of sp³-hybridized carbons (Fsp3) is 0.688. The van der Waals surface area contributed by atoms with Crippen LogP contribution in [0.3, 0.4) is 0 Å². The molecule has 0 aromatic carbocycles. The van der Waals surface area contributed by atoms with Crippen LogP contribution in [0, 0.1) is 11.3 Å². The van der Waals surface area contributed by atoms with E-state index in [0.717, 1.165) is 0 Å². The number of hydrogen-bond acceptors (Lipinski definition) is 1. The smallest absolute Gasteiger partial charge is 0.0735 e. The van der Waals surface area contributed by atoms with E-state index in [9.17, 15) is 0 Å². The van der Waals surface area contributed by atoms with E-state index >= 15 is 0 Å². The Balaban J connectivity index is 0.00000121. The Morgan fingerprint density at radius 2 is 1.47 bits per heavy atom. The van der Waals surface area contributed by atoms with Crippen LogP contribution >= 0.6 is 0 Å². The van der Waals surface area contributed by atoms with Gasteiger partial charge < -0.3 is 0 Å². The molecule has 17 heavy (non-hydrogen) atoms. The second-order valence-electron chi connectivity index (χ2n) is 5.83. The Hall–Kier alpha value is -0.850. The van der Waals surface area contributed by atoms with Crippen LogP contribution in [0.4, 0.5) is 0 Å². The lowest BCUT2D eigenvalue weighted by Crippen LogP contribution is -2.21. The summed E-state index contributed by atoms with van der Waals surface area (Å²) in [6, 6.07) is 0. The monoisotopic (exact) mass is 235 g/mol. The van der Waals surface area contributed by atoms with E-state index in [1.165, 1.54) is 5.71 Å². The van der Waals surface area contributed by atoms with Crippen molar-refractivity contribution in [2.45, 2.75) is 60.9 Å². The number of hydrogen-bond donors (Lipinski definition) is 0. The second-order valence-corrected chi connectivity index (χ2v) is 5.83.